The molecule has 3 rings (SSSR count). The Hall–Kier alpha value is -3.93. The molecule has 1 N–H and O–H groups in total. The minimum absolute atomic E-state index is 0.0301. The summed E-state index contributed by atoms with van der Waals surface area (Å²) < 4.78 is 10.4. The molecule has 3 aromatic rings. The number of ether oxygens (including phenoxy) is 2. The molecule has 0 heterocycles. The van der Waals surface area contributed by atoms with Crippen LogP contribution in [0.3, 0.4) is 0 Å². The molecule has 0 aromatic heterocycles. The lowest BCUT2D eigenvalue weighted by Gasteiger charge is -2.18. The van der Waals surface area contributed by atoms with Crippen LogP contribution in [0, 0.1) is 0 Å². The largest absolute Gasteiger partial charge is 0.497 e. The second kappa shape index (κ2) is 9.92. The molecule has 0 unspecified atom stereocenters. The van der Waals surface area contributed by atoms with Crippen molar-refractivity contribution in [1.82, 2.24) is 5.43 Å². The van der Waals surface area contributed by atoms with Crippen molar-refractivity contribution in [3.8, 4) is 11.5 Å². The van der Waals surface area contributed by atoms with Gasteiger partial charge in [0.2, 0.25) is 0 Å². The summed E-state index contributed by atoms with van der Waals surface area (Å²) in [6.45, 7) is 6.37. The van der Waals surface area contributed by atoms with E-state index in [1.165, 1.54) is 6.21 Å². The smallest absolute Gasteiger partial charge is 0.343 e. The molecule has 0 aliphatic carbocycles. The Morgan fingerprint density at radius 1 is 0.812 bits per heavy atom. The van der Waals surface area contributed by atoms with Crippen LogP contribution in [-0.4, -0.2) is 25.2 Å². The lowest BCUT2D eigenvalue weighted by Crippen LogP contribution is -2.18. The fourth-order valence-corrected chi connectivity index (χ4v) is 2.87. The Labute approximate surface area is 187 Å². The fourth-order valence-electron chi connectivity index (χ4n) is 2.87. The first-order valence-electron chi connectivity index (χ1n) is 10.2. The molecular weight excluding hydrogens is 404 g/mol. The number of rotatable bonds is 6. The molecular formula is C26H26N2O4. The molecule has 0 aliphatic heterocycles. The van der Waals surface area contributed by atoms with E-state index in [1.807, 2.05) is 12.1 Å². The van der Waals surface area contributed by atoms with Gasteiger partial charge in [0.1, 0.15) is 11.5 Å². The van der Waals surface area contributed by atoms with E-state index >= 15 is 0 Å². The van der Waals surface area contributed by atoms with Crippen LogP contribution in [-0.2, 0) is 5.41 Å². The summed E-state index contributed by atoms with van der Waals surface area (Å²) in [5, 5.41) is 4.00. The normalized spacial score (nSPS) is 11.2. The topological polar surface area (TPSA) is 77.0 Å². The molecule has 0 fully saturated rings. The van der Waals surface area contributed by atoms with Crippen molar-refractivity contribution in [1.29, 1.82) is 0 Å². The summed E-state index contributed by atoms with van der Waals surface area (Å²) in [5.74, 6) is 0.329. The molecule has 0 spiro atoms. The molecule has 164 valence electrons. The maximum atomic E-state index is 12.3. The number of amides is 1. The molecule has 1 amide bonds. The third kappa shape index (κ3) is 6.04. The number of nitrogens with one attached hydrogen (secondary N) is 1. The highest BCUT2D eigenvalue weighted by Gasteiger charge is 2.14. The molecule has 6 heteroatoms. The van der Waals surface area contributed by atoms with Gasteiger partial charge in [-0.1, -0.05) is 32.9 Å². The molecule has 0 aliphatic rings. The molecule has 0 atom stereocenters. The first-order chi connectivity index (χ1) is 15.3. The van der Waals surface area contributed by atoms with Gasteiger partial charge in [0, 0.05) is 5.56 Å². The van der Waals surface area contributed by atoms with Crippen molar-refractivity contribution in [3.05, 3.63) is 95.1 Å². The predicted octanol–water partition coefficient (Wildman–Crippen LogP) is 4.98. The Morgan fingerprint density at radius 3 is 1.94 bits per heavy atom. The van der Waals surface area contributed by atoms with E-state index in [9.17, 15) is 9.59 Å². The zero-order valence-corrected chi connectivity index (χ0v) is 18.6. The van der Waals surface area contributed by atoms with Crippen molar-refractivity contribution in [2.75, 3.05) is 7.11 Å². The van der Waals surface area contributed by atoms with Gasteiger partial charge in [-0.3, -0.25) is 4.79 Å². The van der Waals surface area contributed by atoms with E-state index in [0.29, 0.717) is 22.6 Å². The van der Waals surface area contributed by atoms with Crippen LogP contribution in [0.25, 0.3) is 0 Å². The van der Waals surface area contributed by atoms with E-state index in [0.717, 1.165) is 11.1 Å². The highest BCUT2D eigenvalue weighted by molar-refractivity contribution is 5.95. The van der Waals surface area contributed by atoms with Gasteiger partial charge in [-0.15, -0.1) is 0 Å². The SMILES string of the molecule is COc1ccc(C(=O)Oc2ccc(/C=N\NC(=O)c3ccc(C(C)(C)C)cc3)cc2)cc1. The number of nitrogens with zero attached hydrogens (tertiary/aromatic N) is 1. The molecule has 0 radical (unpaired) electrons. The third-order valence-corrected chi connectivity index (χ3v) is 4.81. The van der Waals surface area contributed by atoms with E-state index in [-0.39, 0.29) is 11.3 Å². The maximum Gasteiger partial charge on any atom is 0.343 e. The summed E-state index contributed by atoms with van der Waals surface area (Å²) in [6, 6.07) is 21.0. The van der Waals surface area contributed by atoms with Crippen LogP contribution in [0.2, 0.25) is 0 Å². The van der Waals surface area contributed by atoms with Gasteiger partial charge in [0.25, 0.3) is 5.91 Å². The summed E-state index contributed by atoms with van der Waals surface area (Å²) in [4.78, 5) is 24.5. The lowest BCUT2D eigenvalue weighted by molar-refractivity contribution is 0.0734. The zero-order valence-electron chi connectivity index (χ0n) is 18.6. The molecule has 32 heavy (non-hydrogen) atoms. The van der Waals surface area contributed by atoms with Crippen molar-refractivity contribution in [3.63, 3.8) is 0 Å². The van der Waals surface area contributed by atoms with Crippen LogP contribution >= 0.6 is 0 Å². The lowest BCUT2D eigenvalue weighted by atomic mass is 9.87. The first kappa shape index (κ1) is 22.7. The predicted molar refractivity (Wildman–Crippen MR) is 125 cm³/mol. The van der Waals surface area contributed by atoms with Gasteiger partial charge in [-0.25, -0.2) is 10.2 Å². The maximum absolute atomic E-state index is 12.3. The highest BCUT2D eigenvalue weighted by Crippen LogP contribution is 2.22. The van der Waals surface area contributed by atoms with Gasteiger partial charge in [0.15, 0.2) is 0 Å². The Kier molecular flexibility index (Phi) is 7.05. The van der Waals surface area contributed by atoms with Gasteiger partial charge >= 0.3 is 5.97 Å². The molecule has 3 aromatic carbocycles. The van der Waals surface area contributed by atoms with E-state index < -0.39 is 5.97 Å². The van der Waals surface area contributed by atoms with Crippen molar-refractivity contribution >= 4 is 18.1 Å². The molecule has 6 nitrogen and oxygen atoms in total. The average Bonchev–Trinajstić information content (AvgIpc) is 2.79. The van der Waals surface area contributed by atoms with Crippen LogP contribution in [0.15, 0.2) is 77.9 Å². The van der Waals surface area contributed by atoms with Crippen LogP contribution in [0.5, 0.6) is 11.5 Å². The number of hydrogen-bond acceptors (Lipinski definition) is 5. The Morgan fingerprint density at radius 2 is 1.38 bits per heavy atom. The standard InChI is InChI=1S/C26H26N2O4/c1-26(2,3)21-11-7-19(8-12-21)24(29)28-27-17-18-5-13-23(14-6-18)32-25(30)20-9-15-22(31-4)16-10-20/h5-17H,1-4H3,(H,28,29)/b27-17-. The van der Waals surface area contributed by atoms with E-state index in [1.54, 1.807) is 67.8 Å². The number of esters is 1. The summed E-state index contributed by atoms with van der Waals surface area (Å²) in [6.07, 6.45) is 1.52. The number of hydrogen-bond donors (Lipinski definition) is 1. The fraction of sp³-hybridized carbons (Fsp3) is 0.192. The van der Waals surface area contributed by atoms with Gasteiger partial charge in [-0.05, 0) is 77.2 Å². The number of carbonyl (C=O) groups is 2. The number of benzene rings is 3. The number of carbonyl (C=O) groups excluding carboxylic acids is 2. The van der Waals surface area contributed by atoms with Crippen molar-refractivity contribution < 1.29 is 19.1 Å². The number of methoxy groups -OCH3 is 1. The van der Waals surface area contributed by atoms with Crippen molar-refractivity contribution in [2.45, 2.75) is 26.2 Å². The van der Waals surface area contributed by atoms with Gasteiger partial charge < -0.3 is 9.47 Å². The van der Waals surface area contributed by atoms with Crippen LogP contribution in [0.4, 0.5) is 0 Å². The molecule has 0 saturated heterocycles. The van der Waals surface area contributed by atoms with Gasteiger partial charge in [0.05, 0.1) is 18.9 Å². The molecule has 0 bridgehead atoms. The van der Waals surface area contributed by atoms with E-state index in [2.05, 4.69) is 31.3 Å². The van der Waals surface area contributed by atoms with E-state index in [4.69, 9.17) is 9.47 Å². The monoisotopic (exact) mass is 430 g/mol. The Bertz CT molecular complexity index is 1090. The van der Waals surface area contributed by atoms with Crippen LogP contribution in [0.1, 0.15) is 52.6 Å². The average molecular weight is 431 g/mol. The summed E-state index contributed by atoms with van der Waals surface area (Å²) in [7, 11) is 1.56. The van der Waals surface area contributed by atoms with Crippen LogP contribution < -0.4 is 14.9 Å². The highest BCUT2D eigenvalue weighted by atomic mass is 16.5. The van der Waals surface area contributed by atoms with Crippen molar-refractivity contribution in [2.24, 2.45) is 5.10 Å². The summed E-state index contributed by atoms with van der Waals surface area (Å²) >= 11 is 0. The second-order valence-corrected chi connectivity index (χ2v) is 8.21. The minimum Gasteiger partial charge on any atom is -0.497 e. The zero-order chi connectivity index (χ0) is 23.1. The van der Waals surface area contributed by atoms with Gasteiger partial charge in [-0.2, -0.15) is 5.10 Å². The first-order valence-corrected chi connectivity index (χ1v) is 10.2. The Balaban J connectivity index is 1.54. The third-order valence-electron chi connectivity index (χ3n) is 4.81. The molecule has 0 saturated carbocycles. The number of hydrazone groups is 1. The second-order valence-electron chi connectivity index (χ2n) is 8.21. The minimum atomic E-state index is -0.459. The summed E-state index contributed by atoms with van der Waals surface area (Å²) in [5.41, 5.74) is 5.42. The quantitative estimate of drug-likeness (QED) is 0.259.